The molecule has 2 heterocycles. The van der Waals surface area contributed by atoms with E-state index in [0.717, 1.165) is 38.6 Å². The summed E-state index contributed by atoms with van der Waals surface area (Å²) in [6, 6.07) is -0.179. The van der Waals surface area contributed by atoms with Crippen LogP contribution in [0, 0.1) is 5.92 Å². The van der Waals surface area contributed by atoms with Crippen molar-refractivity contribution in [2.24, 2.45) is 5.92 Å². The van der Waals surface area contributed by atoms with Crippen LogP contribution in [-0.4, -0.2) is 64.3 Å². The maximum absolute atomic E-state index is 12.5. The molecule has 0 saturated carbocycles. The van der Waals surface area contributed by atoms with Gasteiger partial charge in [0.05, 0.1) is 6.42 Å². The Labute approximate surface area is 119 Å². The Kier molecular flexibility index (Phi) is 5.23. The second-order valence-electron chi connectivity index (χ2n) is 5.84. The maximum atomic E-state index is 12.5. The summed E-state index contributed by atoms with van der Waals surface area (Å²) in [7, 11) is 0. The molecule has 2 atom stereocenters. The van der Waals surface area contributed by atoms with Gasteiger partial charge in [-0.15, -0.1) is 0 Å². The third-order valence-corrected chi connectivity index (χ3v) is 4.38. The number of likely N-dealkylation sites (tertiary alicyclic amines) is 2. The molecule has 0 aromatic heterocycles. The lowest BCUT2D eigenvalue weighted by Crippen LogP contribution is -2.50. The van der Waals surface area contributed by atoms with Gasteiger partial charge in [-0.05, 0) is 38.0 Å². The Bertz CT molecular complexity index is 361. The third kappa shape index (κ3) is 3.62. The number of nitrogens with zero attached hydrogens (tertiary/aromatic N) is 2. The fourth-order valence-electron chi connectivity index (χ4n) is 3.27. The first-order valence-corrected chi connectivity index (χ1v) is 7.50. The second kappa shape index (κ2) is 6.92. The first kappa shape index (κ1) is 15.1. The Morgan fingerprint density at radius 1 is 1.15 bits per heavy atom. The fourth-order valence-corrected chi connectivity index (χ4v) is 3.27. The molecule has 2 N–H and O–H groups in total. The summed E-state index contributed by atoms with van der Waals surface area (Å²) in [6.07, 6.45) is 4.45. The van der Waals surface area contributed by atoms with E-state index in [4.69, 9.17) is 10.2 Å². The molecule has 2 unspecified atom stereocenters. The van der Waals surface area contributed by atoms with Crippen molar-refractivity contribution in [3.63, 3.8) is 0 Å². The van der Waals surface area contributed by atoms with Crippen LogP contribution in [0.4, 0.5) is 4.79 Å². The number of rotatable bonds is 4. The molecule has 20 heavy (non-hydrogen) atoms. The summed E-state index contributed by atoms with van der Waals surface area (Å²) in [4.78, 5) is 27.0. The summed E-state index contributed by atoms with van der Waals surface area (Å²) in [5.74, 6) is -0.457. The Morgan fingerprint density at radius 2 is 1.95 bits per heavy atom. The lowest BCUT2D eigenvalue weighted by molar-refractivity contribution is -0.138. The molecule has 6 heteroatoms. The highest BCUT2D eigenvalue weighted by molar-refractivity contribution is 5.76. The van der Waals surface area contributed by atoms with E-state index in [0.29, 0.717) is 19.0 Å². The minimum Gasteiger partial charge on any atom is -0.481 e. The number of carbonyl (C=O) groups is 2. The number of piperidine rings is 1. The normalized spacial score (nSPS) is 26.9. The van der Waals surface area contributed by atoms with Crippen LogP contribution in [0.1, 0.15) is 38.5 Å². The number of hydrogen-bond donors (Lipinski definition) is 2. The highest BCUT2D eigenvalue weighted by Gasteiger charge is 2.34. The van der Waals surface area contributed by atoms with Crippen molar-refractivity contribution >= 4 is 12.0 Å². The van der Waals surface area contributed by atoms with Crippen molar-refractivity contribution in [2.45, 2.75) is 44.6 Å². The molecule has 0 aromatic carbocycles. The molecule has 2 saturated heterocycles. The van der Waals surface area contributed by atoms with Gasteiger partial charge < -0.3 is 20.0 Å². The van der Waals surface area contributed by atoms with Crippen molar-refractivity contribution in [2.75, 3.05) is 26.2 Å². The average Bonchev–Trinajstić information content (AvgIpc) is 2.87. The van der Waals surface area contributed by atoms with Gasteiger partial charge in [-0.3, -0.25) is 4.79 Å². The van der Waals surface area contributed by atoms with Crippen LogP contribution in [0.15, 0.2) is 0 Å². The molecular formula is C14H24N2O4. The Hall–Kier alpha value is -1.30. The van der Waals surface area contributed by atoms with Crippen LogP contribution >= 0.6 is 0 Å². The molecular weight excluding hydrogens is 260 g/mol. The first-order chi connectivity index (χ1) is 9.61. The van der Waals surface area contributed by atoms with E-state index >= 15 is 0 Å². The monoisotopic (exact) mass is 284 g/mol. The van der Waals surface area contributed by atoms with E-state index in [1.54, 1.807) is 4.90 Å². The van der Waals surface area contributed by atoms with E-state index in [9.17, 15) is 9.59 Å². The van der Waals surface area contributed by atoms with Gasteiger partial charge in [0, 0.05) is 32.3 Å². The number of amides is 2. The van der Waals surface area contributed by atoms with Gasteiger partial charge in [-0.1, -0.05) is 0 Å². The zero-order valence-electron chi connectivity index (χ0n) is 11.8. The van der Waals surface area contributed by atoms with Crippen molar-refractivity contribution < 1.29 is 19.8 Å². The van der Waals surface area contributed by atoms with Gasteiger partial charge in [0.15, 0.2) is 0 Å². The van der Waals surface area contributed by atoms with E-state index < -0.39 is 5.97 Å². The highest BCUT2D eigenvalue weighted by atomic mass is 16.4. The zero-order valence-corrected chi connectivity index (χ0v) is 11.8. The minimum atomic E-state index is -0.839. The molecule has 0 bridgehead atoms. The number of carboxylic acid groups (broad SMARTS) is 1. The quantitative estimate of drug-likeness (QED) is 0.811. The molecule has 2 aliphatic heterocycles. The van der Waals surface area contributed by atoms with Crippen LogP contribution in [0.2, 0.25) is 0 Å². The van der Waals surface area contributed by atoms with Crippen LogP contribution in [0.3, 0.4) is 0 Å². The van der Waals surface area contributed by atoms with Crippen molar-refractivity contribution in [1.29, 1.82) is 0 Å². The number of urea groups is 1. The number of hydrogen-bond acceptors (Lipinski definition) is 3. The lowest BCUT2D eigenvalue weighted by atomic mass is 10.00. The number of carbonyl (C=O) groups excluding carboxylic acids is 1. The van der Waals surface area contributed by atoms with Gasteiger partial charge in [0.2, 0.25) is 0 Å². The minimum absolute atomic E-state index is 0.0172. The number of aliphatic hydroxyl groups is 1. The van der Waals surface area contributed by atoms with Gasteiger partial charge in [-0.2, -0.15) is 0 Å². The standard InChI is InChI=1S/C14H24N2O4/c17-8-5-11-4-7-15(10-11)14(20)16-6-2-1-3-12(16)9-13(18)19/h11-12,17H,1-10H2,(H,18,19). The van der Waals surface area contributed by atoms with Gasteiger partial charge >= 0.3 is 12.0 Å². The molecule has 2 amide bonds. The molecule has 114 valence electrons. The predicted octanol–water partition coefficient (Wildman–Crippen LogP) is 1.14. The number of carboxylic acids is 1. The topological polar surface area (TPSA) is 81.1 Å². The summed E-state index contributed by atoms with van der Waals surface area (Å²) in [6.45, 7) is 2.24. The fraction of sp³-hybridized carbons (Fsp3) is 0.857. The summed E-state index contributed by atoms with van der Waals surface area (Å²) in [5, 5.41) is 17.9. The Balaban J connectivity index is 1.94. The van der Waals surface area contributed by atoms with Crippen molar-refractivity contribution in [3.05, 3.63) is 0 Å². The van der Waals surface area contributed by atoms with Crippen LogP contribution in [-0.2, 0) is 4.79 Å². The zero-order chi connectivity index (χ0) is 14.5. The van der Waals surface area contributed by atoms with Crippen molar-refractivity contribution in [1.82, 2.24) is 9.80 Å². The summed E-state index contributed by atoms with van der Waals surface area (Å²) >= 11 is 0. The molecule has 2 fully saturated rings. The predicted molar refractivity (Wildman–Crippen MR) is 73.4 cm³/mol. The molecule has 2 aliphatic rings. The van der Waals surface area contributed by atoms with Crippen molar-refractivity contribution in [3.8, 4) is 0 Å². The average molecular weight is 284 g/mol. The summed E-state index contributed by atoms with van der Waals surface area (Å²) in [5.41, 5.74) is 0. The molecule has 0 spiro atoms. The lowest BCUT2D eigenvalue weighted by Gasteiger charge is -2.37. The molecule has 0 aliphatic carbocycles. The smallest absolute Gasteiger partial charge is 0.320 e. The number of aliphatic carboxylic acids is 1. The Morgan fingerprint density at radius 3 is 2.65 bits per heavy atom. The van der Waals surface area contributed by atoms with E-state index in [2.05, 4.69) is 0 Å². The highest BCUT2D eigenvalue weighted by Crippen LogP contribution is 2.25. The summed E-state index contributed by atoms with van der Waals surface area (Å²) < 4.78 is 0. The van der Waals surface area contributed by atoms with Crippen LogP contribution in [0.25, 0.3) is 0 Å². The molecule has 6 nitrogen and oxygen atoms in total. The molecule has 2 rings (SSSR count). The van der Waals surface area contributed by atoms with E-state index in [-0.39, 0.29) is 25.1 Å². The maximum Gasteiger partial charge on any atom is 0.320 e. The first-order valence-electron chi connectivity index (χ1n) is 7.50. The van der Waals surface area contributed by atoms with E-state index in [1.807, 2.05) is 4.90 Å². The largest absolute Gasteiger partial charge is 0.481 e. The molecule has 0 radical (unpaired) electrons. The molecule has 0 aromatic rings. The van der Waals surface area contributed by atoms with Crippen LogP contribution < -0.4 is 0 Å². The van der Waals surface area contributed by atoms with Crippen LogP contribution in [0.5, 0.6) is 0 Å². The van der Waals surface area contributed by atoms with Gasteiger partial charge in [0.25, 0.3) is 0 Å². The third-order valence-electron chi connectivity index (χ3n) is 4.38. The van der Waals surface area contributed by atoms with Gasteiger partial charge in [-0.25, -0.2) is 4.79 Å². The SMILES string of the molecule is O=C(O)CC1CCCCN1C(=O)N1CCC(CCO)C1. The second-order valence-corrected chi connectivity index (χ2v) is 5.84. The number of aliphatic hydroxyl groups excluding tert-OH is 1. The van der Waals surface area contributed by atoms with Gasteiger partial charge in [0.1, 0.15) is 0 Å². The van der Waals surface area contributed by atoms with E-state index in [1.165, 1.54) is 0 Å².